The first-order valence-electron chi connectivity index (χ1n) is 10.6. The maximum atomic E-state index is 12.9. The van der Waals surface area contributed by atoms with Crippen molar-refractivity contribution in [3.05, 3.63) is 35.9 Å². The molecule has 1 aromatic carbocycles. The zero-order valence-corrected chi connectivity index (χ0v) is 17.4. The Balaban J connectivity index is 1.98. The number of likely N-dealkylation sites (tertiary alicyclic amines) is 1. The average molecular weight is 390 g/mol. The van der Waals surface area contributed by atoms with Crippen LogP contribution in [-0.4, -0.2) is 59.1 Å². The largest absolute Gasteiger partial charge is 0.480 e. The molecule has 6 nitrogen and oxygen atoms in total. The molecule has 1 aromatic rings. The van der Waals surface area contributed by atoms with Gasteiger partial charge in [-0.1, -0.05) is 63.9 Å². The highest BCUT2D eigenvalue weighted by atomic mass is 16.4. The number of carbonyl (C=O) groups is 2. The van der Waals surface area contributed by atoms with Gasteiger partial charge in [-0.05, 0) is 30.9 Å². The number of nitrogens with zero attached hydrogens (tertiary/aromatic N) is 2. The van der Waals surface area contributed by atoms with Crippen molar-refractivity contribution in [2.75, 3.05) is 26.2 Å². The molecule has 1 atom stereocenters. The van der Waals surface area contributed by atoms with Gasteiger partial charge < -0.3 is 15.3 Å². The molecule has 1 unspecified atom stereocenters. The summed E-state index contributed by atoms with van der Waals surface area (Å²) in [6, 6.07) is 10.4. The molecular weight excluding hydrogens is 354 g/mol. The number of aliphatic carboxylic acids is 1. The quantitative estimate of drug-likeness (QED) is 0.675. The molecule has 2 rings (SSSR count). The van der Waals surface area contributed by atoms with Crippen molar-refractivity contribution < 1.29 is 14.7 Å². The van der Waals surface area contributed by atoms with E-state index in [0.29, 0.717) is 25.6 Å². The van der Waals surface area contributed by atoms with Crippen molar-refractivity contribution in [3.8, 4) is 0 Å². The molecule has 1 saturated heterocycles. The lowest BCUT2D eigenvalue weighted by molar-refractivity contribution is -0.139. The molecule has 0 spiro atoms. The van der Waals surface area contributed by atoms with E-state index >= 15 is 0 Å². The topological polar surface area (TPSA) is 72.9 Å². The highest BCUT2D eigenvalue weighted by Gasteiger charge is 2.29. The van der Waals surface area contributed by atoms with Crippen LogP contribution in [-0.2, 0) is 4.79 Å². The van der Waals surface area contributed by atoms with E-state index in [4.69, 9.17) is 5.11 Å². The zero-order chi connectivity index (χ0) is 20.5. The van der Waals surface area contributed by atoms with Crippen molar-refractivity contribution in [3.63, 3.8) is 0 Å². The molecule has 2 amide bonds. The molecule has 156 valence electrons. The first kappa shape index (κ1) is 22.2. The molecule has 1 heterocycles. The summed E-state index contributed by atoms with van der Waals surface area (Å²) in [6.45, 7) is 8.44. The summed E-state index contributed by atoms with van der Waals surface area (Å²) in [6.07, 6.45) is 3.66. The highest BCUT2D eigenvalue weighted by molar-refractivity contribution is 5.75. The van der Waals surface area contributed by atoms with Crippen molar-refractivity contribution in [1.29, 1.82) is 0 Å². The minimum atomic E-state index is -0.794. The normalized spacial score (nSPS) is 16.4. The summed E-state index contributed by atoms with van der Waals surface area (Å²) in [5.74, 6) is -0.395. The summed E-state index contributed by atoms with van der Waals surface area (Å²) in [7, 11) is 0. The minimum Gasteiger partial charge on any atom is -0.480 e. The number of hydrogen-bond donors (Lipinski definition) is 2. The van der Waals surface area contributed by atoms with E-state index in [1.807, 2.05) is 34.9 Å². The van der Waals surface area contributed by atoms with Crippen LogP contribution in [0.15, 0.2) is 30.3 Å². The van der Waals surface area contributed by atoms with E-state index in [2.05, 4.69) is 31.3 Å². The van der Waals surface area contributed by atoms with Crippen molar-refractivity contribution in [2.45, 2.75) is 58.5 Å². The second-order valence-corrected chi connectivity index (χ2v) is 7.59. The Morgan fingerprint density at radius 2 is 1.75 bits per heavy atom. The molecule has 28 heavy (non-hydrogen) atoms. The number of benzene rings is 1. The summed E-state index contributed by atoms with van der Waals surface area (Å²) in [4.78, 5) is 27.9. The van der Waals surface area contributed by atoms with E-state index in [0.717, 1.165) is 31.2 Å². The van der Waals surface area contributed by atoms with E-state index in [1.165, 1.54) is 0 Å². The second-order valence-electron chi connectivity index (χ2n) is 7.59. The summed E-state index contributed by atoms with van der Waals surface area (Å²) >= 11 is 0. The Bertz CT molecular complexity index is 611. The number of carboxylic acid groups (broad SMARTS) is 1. The maximum absolute atomic E-state index is 12.9. The fourth-order valence-corrected chi connectivity index (χ4v) is 4.23. The lowest BCUT2D eigenvalue weighted by Crippen LogP contribution is -2.51. The number of rotatable bonds is 9. The Kier molecular flexibility index (Phi) is 8.77. The van der Waals surface area contributed by atoms with Crippen molar-refractivity contribution >= 4 is 12.0 Å². The Labute approximate surface area is 168 Å². The van der Waals surface area contributed by atoms with Crippen LogP contribution in [0.4, 0.5) is 4.79 Å². The van der Waals surface area contributed by atoms with Crippen LogP contribution < -0.4 is 5.32 Å². The van der Waals surface area contributed by atoms with E-state index in [9.17, 15) is 9.59 Å². The third-order valence-electron chi connectivity index (χ3n) is 5.97. The van der Waals surface area contributed by atoms with Gasteiger partial charge in [-0.15, -0.1) is 0 Å². The number of piperidine rings is 1. The third kappa shape index (κ3) is 5.96. The molecule has 1 aliphatic rings. The molecule has 0 aromatic heterocycles. The lowest BCUT2D eigenvalue weighted by atomic mass is 9.89. The van der Waals surface area contributed by atoms with Crippen LogP contribution in [0, 0.1) is 5.92 Å². The van der Waals surface area contributed by atoms with Crippen LogP contribution in [0.25, 0.3) is 0 Å². The van der Waals surface area contributed by atoms with Crippen LogP contribution >= 0.6 is 0 Å². The molecule has 0 aliphatic carbocycles. The summed E-state index contributed by atoms with van der Waals surface area (Å²) in [5, 5.41) is 12.4. The molecule has 2 N–H and O–H groups in total. The standard InChI is InChI=1S/C22H35N3O3/c1-4-17(5-2)21(18-10-8-7-9-11-18)23-22(28)25-14-12-19(13-15-25)24(6-3)16-20(26)27/h7-11,17,19,21H,4-6,12-16H2,1-3H3,(H,23,28)(H,26,27). The average Bonchev–Trinajstić information content (AvgIpc) is 2.72. The number of carboxylic acids is 1. The Morgan fingerprint density at radius 1 is 1.14 bits per heavy atom. The third-order valence-corrected chi connectivity index (χ3v) is 5.97. The van der Waals surface area contributed by atoms with Gasteiger partial charge in [-0.2, -0.15) is 0 Å². The molecule has 6 heteroatoms. The second kappa shape index (κ2) is 11.1. The first-order valence-corrected chi connectivity index (χ1v) is 10.6. The lowest BCUT2D eigenvalue weighted by Gasteiger charge is -2.38. The zero-order valence-electron chi connectivity index (χ0n) is 17.4. The molecular formula is C22H35N3O3. The monoisotopic (exact) mass is 389 g/mol. The van der Waals surface area contributed by atoms with E-state index in [-0.39, 0.29) is 24.7 Å². The van der Waals surface area contributed by atoms with Gasteiger partial charge in [-0.3, -0.25) is 9.69 Å². The number of carbonyl (C=O) groups excluding carboxylic acids is 1. The van der Waals surface area contributed by atoms with Gasteiger partial charge >= 0.3 is 12.0 Å². The first-order chi connectivity index (χ1) is 13.5. The SMILES string of the molecule is CCC(CC)C(NC(=O)N1CCC(N(CC)CC(=O)O)CC1)c1ccccc1. The fraction of sp³-hybridized carbons (Fsp3) is 0.636. The summed E-state index contributed by atoms with van der Waals surface area (Å²) in [5.41, 5.74) is 1.15. The number of likely N-dealkylation sites (N-methyl/N-ethyl adjacent to an activating group) is 1. The predicted octanol–water partition coefficient (Wildman–Crippen LogP) is 3.74. The molecule has 0 saturated carbocycles. The number of hydrogen-bond acceptors (Lipinski definition) is 3. The maximum Gasteiger partial charge on any atom is 0.317 e. The Morgan fingerprint density at radius 3 is 2.25 bits per heavy atom. The number of amides is 2. The number of nitrogens with one attached hydrogen (secondary N) is 1. The van der Waals surface area contributed by atoms with Crippen molar-refractivity contribution in [2.24, 2.45) is 5.92 Å². The van der Waals surface area contributed by atoms with Gasteiger partial charge in [0, 0.05) is 19.1 Å². The highest BCUT2D eigenvalue weighted by Crippen LogP contribution is 2.28. The van der Waals surface area contributed by atoms with Gasteiger partial charge in [0.1, 0.15) is 0 Å². The predicted molar refractivity (Wildman–Crippen MR) is 111 cm³/mol. The molecule has 1 fully saturated rings. The van der Waals surface area contributed by atoms with Gasteiger partial charge in [-0.25, -0.2) is 4.79 Å². The van der Waals surface area contributed by atoms with E-state index < -0.39 is 5.97 Å². The minimum absolute atomic E-state index is 0.0134. The van der Waals surface area contributed by atoms with Crippen LogP contribution in [0.3, 0.4) is 0 Å². The molecule has 0 bridgehead atoms. The summed E-state index contributed by atoms with van der Waals surface area (Å²) < 4.78 is 0. The van der Waals surface area contributed by atoms with Crippen molar-refractivity contribution in [1.82, 2.24) is 15.1 Å². The number of urea groups is 1. The van der Waals surface area contributed by atoms with Crippen LogP contribution in [0.1, 0.15) is 58.1 Å². The van der Waals surface area contributed by atoms with Crippen LogP contribution in [0.5, 0.6) is 0 Å². The van der Waals surface area contributed by atoms with Crippen LogP contribution in [0.2, 0.25) is 0 Å². The fourth-order valence-electron chi connectivity index (χ4n) is 4.23. The van der Waals surface area contributed by atoms with Gasteiger partial charge in [0.2, 0.25) is 0 Å². The van der Waals surface area contributed by atoms with Gasteiger partial charge in [0.05, 0.1) is 12.6 Å². The van der Waals surface area contributed by atoms with Gasteiger partial charge in [0.25, 0.3) is 0 Å². The molecule has 0 radical (unpaired) electrons. The smallest absolute Gasteiger partial charge is 0.317 e. The Hall–Kier alpha value is -2.08. The van der Waals surface area contributed by atoms with Gasteiger partial charge in [0.15, 0.2) is 0 Å². The van der Waals surface area contributed by atoms with E-state index in [1.54, 1.807) is 0 Å². The molecule has 1 aliphatic heterocycles.